The molecule has 1 N–H and O–H groups in total. The molecule has 3 rings (SSSR count). The zero-order chi connectivity index (χ0) is 20.8. The number of carbonyl (C=O) groups excluding carboxylic acids is 2. The van der Waals surface area contributed by atoms with Crippen molar-refractivity contribution in [3.8, 4) is 0 Å². The van der Waals surface area contributed by atoms with Crippen molar-refractivity contribution in [1.29, 1.82) is 0 Å². The van der Waals surface area contributed by atoms with Crippen molar-refractivity contribution in [2.75, 3.05) is 6.61 Å². The van der Waals surface area contributed by atoms with Crippen LogP contribution in [-0.4, -0.2) is 18.5 Å². The Labute approximate surface area is 168 Å². The molecule has 1 heterocycles. The van der Waals surface area contributed by atoms with Gasteiger partial charge in [0.1, 0.15) is 11.1 Å². The molecular weight excluding hydrogens is 370 g/mol. The standard InChI is InChI=1S/C23H23NO5/c1-15(2)12-19(16-8-4-3-5-9-16)24-21(25)14-28-22(26)18-13-17-10-6-7-11-20(17)29-23(18)27/h3-11,13,15,19H,12,14H2,1-2H3,(H,24,25)/t19-/m1/s1. The zero-order valence-electron chi connectivity index (χ0n) is 16.4. The van der Waals surface area contributed by atoms with Gasteiger partial charge in [0, 0.05) is 5.39 Å². The predicted molar refractivity (Wildman–Crippen MR) is 110 cm³/mol. The topological polar surface area (TPSA) is 85.6 Å². The highest BCUT2D eigenvalue weighted by Gasteiger charge is 2.19. The summed E-state index contributed by atoms with van der Waals surface area (Å²) in [6.07, 6.45) is 0.748. The summed E-state index contributed by atoms with van der Waals surface area (Å²) < 4.78 is 10.2. The molecule has 2 aromatic carbocycles. The average molecular weight is 393 g/mol. The molecule has 29 heavy (non-hydrogen) atoms. The maximum absolute atomic E-state index is 12.4. The number of para-hydroxylation sites is 1. The van der Waals surface area contributed by atoms with Gasteiger partial charge in [0.05, 0.1) is 6.04 Å². The van der Waals surface area contributed by atoms with Crippen molar-refractivity contribution in [3.05, 3.63) is 82.2 Å². The van der Waals surface area contributed by atoms with Gasteiger partial charge in [-0.15, -0.1) is 0 Å². The molecule has 0 unspecified atom stereocenters. The van der Waals surface area contributed by atoms with Crippen molar-refractivity contribution in [3.63, 3.8) is 0 Å². The van der Waals surface area contributed by atoms with Crippen molar-refractivity contribution in [2.45, 2.75) is 26.3 Å². The fraction of sp³-hybridized carbons (Fsp3) is 0.261. The number of fused-ring (bicyclic) bond motifs is 1. The van der Waals surface area contributed by atoms with Gasteiger partial charge < -0.3 is 14.5 Å². The van der Waals surface area contributed by atoms with Crippen LogP contribution in [-0.2, 0) is 9.53 Å². The summed E-state index contributed by atoms with van der Waals surface area (Å²) in [7, 11) is 0. The molecule has 0 fully saturated rings. The Morgan fingerprint density at radius 1 is 1.03 bits per heavy atom. The number of esters is 1. The predicted octanol–water partition coefficient (Wildman–Crippen LogP) is 3.85. The molecule has 0 saturated carbocycles. The number of carbonyl (C=O) groups is 2. The number of ether oxygens (including phenoxy) is 1. The fourth-order valence-corrected chi connectivity index (χ4v) is 3.08. The number of hydrogen-bond donors (Lipinski definition) is 1. The molecule has 0 aliphatic carbocycles. The summed E-state index contributed by atoms with van der Waals surface area (Å²) in [5, 5.41) is 3.50. The molecule has 6 heteroatoms. The monoisotopic (exact) mass is 393 g/mol. The molecule has 1 aromatic heterocycles. The number of hydrogen-bond acceptors (Lipinski definition) is 5. The van der Waals surface area contributed by atoms with Crippen molar-refractivity contribution in [1.82, 2.24) is 5.32 Å². The lowest BCUT2D eigenvalue weighted by atomic mass is 9.97. The van der Waals surface area contributed by atoms with Gasteiger partial charge in [-0.1, -0.05) is 62.4 Å². The van der Waals surface area contributed by atoms with E-state index in [-0.39, 0.29) is 11.6 Å². The summed E-state index contributed by atoms with van der Waals surface area (Å²) in [5.41, 5.74) is 0.330. The summed E-state index contributed by atoms with van der Waals surface area (Å²) in [4.78, 5) is 36.7. The van der Waals surface area contributed by atoms with E-state index in [0.717, 1.165) is 12.0 Å². The van der Waals surface area contributed by atoms with E-state index in [4.69, 9.17) is 9.15 Å². The normalized spacial score (nSPS) is 12.0. The second-order valence-corrected chi connectivity index (χ2v) is 7.22. The lowest BCUT2D eigenvalue weighted by Gasteiger charge is -2.21. The van der Waals surface area contributed by atoms with Gasteiger partial charge in [-0.2, -0.15) is 0 Å². The maximum Gasteiger partial charge on any atom is 0.351 e. The van der Waals surface area contributed by atoms with E-state index in [1.165, 1.54) is 6.07 Å². The van der Waals surface area contributed by atoms with Crippen LogP contribution in [0.5, 0.6) is 0 Å². The average Bonchev–Trinajstić information content (AvgIpc) is 2.71. The lowest BCUT2D eigenvalue weighted by Crippen LogP contribution is -2.33. The Balaban J connectivity index is 1.65. The van der Waals surface area contributed by atoms with E-state index >= 15 is 0 Å². The Morgan fingerprint density at radius 2 is 1.72 bits per heavy atom. The molecule has 150 valence electrons. The molecule has 0 aliphatic rings. The van der Waals surface area contributed by atoms with Crippen LogP contribution in [0.3, 0.4) is 0 Å². The van der Waals surface area contributed by atoms with Crippen LogP contribution in [0.4, 0.5) is 0 Å². The molecule has 3 aromatic rings. The summed E-state index contributed by atoms with van der Waals surface area (Å²) >= 11 is 0. The lowest BCUT2D eigenvalue weighted by molar-refractivity contribution is -0.125. The van der Waals surface area contributed by atoms with Gasteiger partial charge in [-0.05, 0) is 30.0 Å². The van der Waals surface area contributed by atoms with E-state index in [1.807, 2.05) is 30.3 Å². The fourth-order valence-electron chi connectivity index (χ4n) is 3.08. The van der Waals surface area contributed by atoms with Crippen LogP contribution in [0.25, 0.3) is 11.0 Å². The van der Waals surface area contributed by atoms with Gasteiger partial charge in [-0.3, -0.25) is 4.79 Å². The van der Waals surface area contributed by atoms with E-state index < -0.39 is 24.1 Å². The molecule has 1 amide bonds. The SMILES string of the molecule is CC(C)C[C@@H](NC(=O)COC(=O)c1cc2ccccc2oc1=O)c1ccccc1. The second-order valence-electron chi connectivity index (χ2n) is 7.22. The number of nitrogens with one attached hydrogen (secondary N) is 1. The summed E-state index contributed by atoms with van der Waals surface area (Å²) in [6, 6.07) is 17.7. The van der Waals surface area contributed by atoms with Gasteiger partial charge in [0.15, 0.2) is 6.61 Å². The van der Waals surface area contributed by atoms with Crippen LogP contribution in [0.15, 0.2) is 69.9 Å². The van der Waals surface area contributed by atoms with Crippen LogP contribution in [0.1, 0.15) is 42.2 Å². The van der Waals surface area contributed by atoms with Gasteiger partial charge >= 0.3 is 11.6 Å². The highest BCUT2D eigenvalue weighted by atomic mass is 16.5. The molecule has 1 atom stereocenters. The first-order valence-electron chi connectivity index (χ1n) is 9.48. The minimum Gasteiger partial charge on any atom is -0.452 e. The number of rotatable bonds is 7. The molecule has 6 nitrogen and oxygen atoms in total. The summed E-state index contributed by atoms with van der Waals surface area (Å²) in [5.74, 6) is -0.955. The third-order valence-corrected chi connectivity index (χ3v) is 4.44. The third-order valence-electron chi connectivity index (χ3n) is 4.44. The highest BCUT2D eigenvalue weighted by molar-refractivity contribution is 5.94. The molecule has 0 bridgehead atoms. The van der Waals surface area contributed by atoms with Gasteiger partial charge in [-0.25, -0.2) is 9.59 Å². The maximum atomic E-state index is 12.4. The van der Waals surface area contributed by atoms with E-state index in [9.17, 15) is 14.4 Å². The van der Waals surface area contributed by atoms with Crippen molar-refractivity contribution < 1.29 is 18.7 Å². The molecular formula is C23H23NO5. The van der Waals surface area contributed by atoms with E-state index in [1.54, 1.807) is 24.3 Å². The quantitative estimate of drug-likeness (QED) is 0.487. The zero-order valence-corrected chi connectivity index (χ0v) is 16.4. The first-order chi connectivity index (χ1) is 13.9. The third kappa shape index (κ3) is 5.31. The van der Waals surface area contributed by atoms with Crippen molar-refractivity contribution >= 4 is 22.8 Å². The second kappa shape index (κ2) is 9.19. The first kappa shape index (κ1) is 20.3. The Morgan fingerprint density at radius 3 is 2.45 bits per heavy atom. The number of amides is 1. The number of benzene rings is 2. The summed E-state index contributed by atoms with van der Waals surface area (Å²) in [6.45, 7) is 3.66. The molecule has 0 saturated heterocycles. The van der Waals surface area contributed by atoms with Crippen LogP contribution in [0, 0.1) is 5.92 Å². The van der Waals surface area contributed by atoms with Crippen LogP contribution in [0.2, 0.25) is 0 Å². The Kier molecular flexibility index (Phi) is 6.44. The molecule has 0 radical (unpaired) electrons. The van der Waals surface area contributed by atoms with E-state index in [0.29, 0.717) is 16.9 Å². The van der Waals surface area contributed by atoms with Gasteiger partial charge in [0.2, 0.25) is 0 Å². The Hall–Kier alpha value is -3.41. The van der Waals surface area contributed by atoms with Crippen molar-refractivity contribution in [2.24, 2.45) is 5.92 Å². The van der Waals surface area contributed by atoms with Crippen LogP contribution >= 0.6 is 0 Å². The largest absolute Gasteiger partial charge is 0.452 e. The first-order valence-corrected chi connectivity index (χ1v) is 9.48. The molecule has 0 aliphatic heterocycles. The Bertz CT molecular complexity index is 1060. The van der Waals surface area contributed by atoms with Gasteiger partial charge in [0.25, 0.3) is 5.91 Å². The minimum atomic E-state index is -0.889. The van der Waals surface area contributed by atoms with E-state index in [2.05, 4.69) is 19.2 Å². The smallest absolute Gasteiger partial charge is 0.351 e. The minimum absolute atomic E-state index is 0.187. The molecule has 0 spiro atoms. The van der Waals surface area contributed by atoms with Crippen LogP contribution < -0.4 is 10.9 Å². The highest BCUT2D eigenvalue weighted by Crippen LogP contribution is 2.21.